The lowest BCUT2D eigenvalue weighted by Crippen LogP contribution is -2.05. The summed E-state index contributed by atoms with van der Waals surface area (Å²) in [4.78, 5) is 20.1. The first-order valence-corrected chi connectivity index (χ1v) is 8.69. The molecule has 1 amide bonds. The number of amides is 1. The molecular weight excluding hydrogens is 314 g/mol. The molecule has 112 valence electrons. The summed E-state index contributed by atoms with van der Waals surface area (Å²) in [6.07, 6.45) is 0. The molecule has 2 aromatic heterocycles. The maximum atomic E-state index is 11.0. The number of para-hydroxylation sites is 1. The summed E-state index contributed by atoms with van der Waals surface area (Å²) in [7, 11) is 0. The van der Waals surface area contributed by atoms with Gasteiger partial charge in [-0.25, -0.2) is 9.97 Å². The third kappa shape index (κ3) is 3.45. The number of rotatable bonds is 4. The second-order valence-electron chi connectivity index (χ2n) is 4.91. The molecule has 2 heterocycles. The number of benzene rings is 1. The number of pyridine rings is 1. The summed E-state index contributed by atoms with van der Waals surface area (Å²) < 4.78 is 0. The Morgan fingerprint density at radius 1 is 1.32 bits per heavy atom. The van der Waals surface area contributed by atoms with Gasteiger partial charge in [0.05, 0.1) is 16.2 Å². The highest BCUT2D eigenvalue weighted by Crippen LogP contribution is 2.27. The maximum Gasteiger partial charge on any atom is 0.223 e. The molecule has 0 bridgehead atoms. The SMILES string of the molecule is CC(=O)Nc1nc(CSc2cc(C)c3ccccc3n2)cs1. The van der Waals surface area contributed by atoms with E-state index < -0.39 is 0 Å². The number of carbonyl (C=O) groups excluding carboxylic acids is 1. The topological polar surface area (TPSA) is 54.9 Å². The van der Waals surface area contributed by atoms with E-state index in [1.165, 1.54) is 29.2 Å². The first-order chi connectivity index (χ1) is 10.6. The lowest BCUT2D eigenvalue weighted by atomic mass is 10.1. The fourth-order valence-electron chi connectivity index (χ4n) is 2.12. The number of aryl methyl sites for hydroxylation is 1. The van der Waals surface area contributed by atoms with Crippen LogP contribution in [0.1, 0.15) is 18.2 Å². The second-order valence-corrected chi connectivity index (χ2v) is 6.76. The number of aromatic nitrogens is 2. The average Bonchev–Trinajstić information content (AvgIpc) is 2.92. The molecule has 0 saturated heterocycles. The largest absolute Gasteiger partial charge is 0.302 e. The number of thiazole rings is 1. The minimum absolute atomic E-state index is 0.0969. The van der Waals surface area contributed by atoms with Crippen molar-refractivity contribution >= 4 is 45.0 Å². The predicted molar refractivity (Wildman–Crippen MR) is 92.5 cm³/mol. The highest BCUT2D eigenvalue weighted by molar-refractivity contribution is 7.98. The molecule has 0 saturated carbocycles. The van der Waals surface area contributed by atoms with Crippen molar-refractivity contribution in [1.29, 1.82) is 0 Å². The van der Waals surface area contributed by atoms with Crippen molar-refractivity contribution in [1.82, 2.24) is 9.97 Å². The number of hydrogen-bond acceptors (Lipinski definition) is 5. The summed E-state index contributed by atoms with van der Waals surface area (Å²) in [6, 6.07) is 10.3. The molecule has 0 fully saturated rings. The van der Waals surface area contributed by atoms with Crippen LogP contribution in [-0.2, 0) is 10.5 Å². The van der Waals surface area contributed by atoms with Crippen molar-refractivity contribution in [3.63, 3.8) is 0 Å². The standard InChI is InChI=1S/C16H15N3OS2/c1-10-7-15(19-14-6-4-3-5-13(10)14)21-8-12-9-22-16(18-12)17-11(2)20/h3-7,9H,8H2,1-2H3,(H,17,18,20). The van der Waals surface area contributed by atoms with E-state index in [0.29, 0.717) is 5.13 Å². The highest BCUT2D eigenvalue weighted by atomic mass is 32.2. The Balaban J connectivity index is 1.73. The number of fused-ring (bicyclic) bond motifs is 1. The Kier molecular flexibility index (Phi) is 4.40. The Bertz CT molecular complexity index is 829. The Labute approximate surface area is 137 Å². The molecule has 0 aliphatic carbocycles. The van der Waals surface area contributed by atoms with Gasteiger partial charge in [0.2, 0.25) is 5.91 Å². The van der Waals surface area contributed by atoms with Gasteiger partial charge in [-0.15, -0.1) is 11.3 Å². The molecular formula is C16H15N3OS2. The molecule has 0 atom stereocenters. The minimum atomic E-state index is -0.0969. The zero-order valence-corrected chi connectivity index (χ0v) is 13.9. The number of anilines is 1. The Morgan fingerprint density at radius 2 is 2.14 bits per heavy atom. The van der Waals surface area contributed by atoms with Crippen molar-refractivity contribution in [2.75, 3.05) is 5.32 Å². The molecule has 0 aliphatic rings. The van der Waals surface area contributed by atoms with Crippen molar-refractivity contribution < 1.29 is 4.79 Å². The van der Waals surface area contributed by atoms with Crippen LogP contribution in [0.2, 0.25) is 0 Å². The van der Waals surface area contributed by atoms with Crippen molar-refractivity contribution in [3.05, 3.63) is 47.0 Å². The van der Waals surface area contributed by atoms with E-state index in [2.05, 4.69) is 34.3 Å². The number of nitrogens with one attached hydrogen (secondary N) is 1. The van der Waals surface area contributed by atoms with Crippen molar-refractivity contribution in [2.24, 2.45) is 0 Å². The van der Waals surface area contributed by atoms with E-state index in [1.54, 1.807) is 11.8 Å². The van der Waals surface area contributed by atoms with Crippen LogP contribution < -0.4 is 5.32 Å². The number of thioether (sulfide) groups is 1. The van der Waals surface area contributed by atoms with Gasteiger partial charge in [0, 0.05) is 23.4 Å². The molecule has 0 unspecified atom stereocenters. The summed E-state index contributed by atoms with van der Waals surface area (Å²) in [5, 5.41) is 7.49. The summed E-state index contributed by atoms with van der Waals surface area (Å²) >= 11 is 3.10. The van der Waals surface area contributed by atoms with Crippen LogP contribution in [0.4, 0.5) is 5.13 Å². The fourth-order valence-corrected chi connectivity index (χ4v) is 3.85. The first kappa shape index (κ1) is 15.0. The second kappa shape index (κ2) is 6.46. The number of carbonyl (C=O) groups is 1. The predicted octanol–water partition coefficient (Wildman–Crippen LogP) is 4.25. The summed E-state index contributed by atoms with van der Waals surface area (Å²) in [5.41, 5.74) is 3.19. The van der Waals surface area contributed by atoms with Gasteiger partial charge in [0.25, 0.3) is 0 Å². The lowest BCUT2D eigenvalue weighted by Gasteiger charge is -2.05. The average molecular weight is 329 g/mol. The molecule has 3 aromatic rings. The monoisotopic (exact) mass is 329 g/mol. The van der Waals surface area contributed by atoms with Gasteiger partial charge >= 0.3 is 0 Å². The molecule has 0 radical (unpaired) electrons. The third-order valence-electron chi connectivity index (χ3n) is 3.10. The van der Waals surface area contributed by atoms with Gasteiger partial charge in [-0.05, 0) is 24.6 Å². The Hall–Kier alpha value is -1.92. The van der Waals surface area contributed by atoms with E-state index in [-0.39, 0.29) is 5.91 Å². The van der Waals surface area contributed by atoms with Gasteiger partial charge < -0.3 is 5.32 Å². The quantitative estimate of drug-likeness (QED) is 0.727. The zero-order chi connectivity index (χ0) is 15.5. The van der Waals surface area contributed by atoms with E-state index >= 15 is 0 Å². The van der Waals surface area contributed by atoms with E-state index in [0.717, 1.165) is 22.0 Å². The molecule has 1 aromatic carbocycles. The molecule has 3 rings (SSSR count). The van der Waals surface area contributed by atoms with Gasteiger partial charge in [-0.3, -0.25) is 4.79 Å². The van der Waals surface area contributed by atoms with Crippen LogP contribution in [0.5, 0.6) is 0 Å². The lowest BCUT2D eigenvalue weighted by molar-refractivity contribution is -0.114. The van der Waals surface area contributed by atoms with Crippen LogP contribution in [0, 0.1) is 6.92 Å². The molecule has 22 heavy (non-hydrogen) atoms. The van der Waals surface area contributed by atoms with Crippen molar-refractivity contribution in [3.8, 4) is 0 Å². The van der Waals surface area contributed by atoms with Crippen LogP contribution in [-0.4, -0.2) is 15.9 Å². The third-order valence-corrected chi connectivity index (χ3v) is 4.85. The summed E-state index contributed by atoms with van der Waals surface area (Å²) in [6.45, 7) is 3.59. The van der Waals surface area contributed by atoms with E-state index in [4.69, 9.17) is 0 Å². The Morgan fingerprint density at radius 3 is 2.95 bits per heavy atom. The zero-order valence-electron chi connectivity index (χ0n) is 12.3. The smallest absolute Gasteiger partial charge is 0.223 e. The van der Waals surface area contributed by atoms with E-state index in [9.17, 15) is 4.79 Å². The molecule has 1 N–H and O–H groups in total. The van der Waals surface area contributed by atoms with Crippen LogP contribution in [0.25, 0.3) is 10.9 Å². The summed E-state index contributed by atoms with van der Waals surface area (Å²) in [5.74, 6) is 0.640. The minimum Gasteiger partial charge on any atom is -0.302 e. The van der Waals surface area contributed by atoms with E-state index in [1.807, 2.05) is 23.6 Å². The van der Waals surface area contributed by atoms with Crippen molar-refractivity contribution in [2.45, 2.75) is 24.6 Å². The number of nitrogens with zero attached hydrogens (tertiary/aromatic N) is 2. The normalized spacial score (nSPS) is 10.8. The van der Waals surface area contributed by atoms with Crippen LogP contribution >= 0.6 is 23.1 Å². The highest BCUT2D eigenvalue weighted by Gasteiger charge is 2.06. The molecule has 0 spiro atoms. The van der Waals surface area contributed by atoms with Crippen LogP contribution in [0.15, 0.2) is 40.7 Å². The van der Waals surface area contributed by atoms with Gasteiger partial charge in [-0.1, -0.05) is 30.0 Å². The van der Waals surface area contributed by atoms with Gasteiger partial charge in [0.1, 0.15) is 0 Å². The number of hydrogen-bond donors (Lipinski definition) is 1. The molecule has 4 nitrogen and oxygen atoms in total. The fraction of sp³-hybridized carbons (Fsp3) is 0.188. The maximum absolute atomic E-state index is 11.0. The molecule has 6 heteroatoms. The van der Waals surface area contributed by atoms with Crippen LogP contribution in [0.3, 0.4) is 0 Å². The first-order valence-electron chi connectivity index (χ1n) is 6.83. The molecule has 0 aliphatic heterocycles. The van der Waals surface area contributed by atoms with Gasteiger partial charge in [-0.2, -0.15) is 0 Å². The van der Waals surface area contributed by atoms with Gasteiger partial charge in [0.15, 0.2) is 5.13 Å².